The van der Waals surface area contributed by atoms with E-state index in [1.165, 1.54) is 0 Å². The molecule has 3 fully saturated rings. The summed E-state index contributed by atoms with van der Waals surface area (Å²) < 4.78 is 32.2. The predicted octanol–water partition coefficient (Wildman–Crippen LogP) is 0.535. The molecule has 9 heteroatoms. The number of likely N-dealkylation sites (tertiary alicyclic amines) is 1. The summed E-state index contributed by atoms with van der Waals surface area (Å²) in [6, 6.07) is 7.62. The maximum atomic E-state index is 13.1. The number of para-hydroxylation sites is 1. The van der Waals surface area contributed by atoms with Crippen LogP contribution >= 0.6 is 0 Å². The van der Waals surface area contributed by atoms with Crippen LogP contribution in [0.15, 0.2) is 24.3 Å². The van der Waals surface area contributed by atoms with Crippen LogP contribution in [0.25, 0.3) is 10.9 Å². The Kier molecular flexibility index (Phi) is 4.45. The van der Waals surface area contributed by atoms with Gasteiger partial charge in [-0.05, 0) is 18.4 Å². The third kappa shape index (κ3) is 2.90. The Hall–Kier alpha value is -1.97. The molecule has 1 unspecified atom stereocenters. The fraction of sp³-hybridized carbons (Fsp3) is 0.600. The van der Waals surface area contributed by atoms with Crippen LogP contribution in [0.3, 0.4) is 0 Å². The van der Waals surface area contributed by atoms with Gasteiger partial charge in [-0.3, -0.25) is 14.4 Å². The van der Waals surface area contributed by atoms with Gasteiger partial charge in [0.15, 0.2) is 15.5 Å². The molecule has 1 spiro atoms. The Balaban J connectivity index is 1.37. The first-order valence-electron chi connectivity index (χ1n) is 10.1. The van der Waals surface area contributed by atoms with Gasteiger partial charge in [0.1, 0.15) is 4.75 Å². The summed E-state index contributed by atoms with van der Waals surface area (Å²) in [5.74, 6) is 0.103. The van der Waals surface area contributed by atoms with Crippen LogP contribution in [0.1, 0.15) is 16.9 Å². The maximum absolute atomic E-state index is 13.1. The highest BCUT2D eigenvalue weighted by atomic mass is 32.2. The number of amides is 1. The summed E-state index contributed by atoms with van der Waals surface area (Å²) in [6.45, 7) is 4.39. The molecule has 0 saturated carbocycles. The highest BCUT2D eigenvalue weighted by Crippen LogP contribution is 2.45. The van der Waals surface area contributed by atoms with Crippen molar-refractivity contribution >= 4 is 26.6 Å². The standard InChI is InChI=1S/C20H26N4O4S/c1-22-17-5-3-2-4-16(17)18(21-22)19(25)24-13-20(14-24)15(6-11-29(20,26)27)12-23-7-9-28-10-8-23/h2-5,15H,6-14H2,1H3. The summed E-state index contributed by atoms with van der Waals surface area (Å²) in [6.07, 6.45) is 0.675. The van der Waals surface area contributed by atoms with Crippen LogP contribution in [0, 0.1) is 5.92 Å². The number of fused-ring (bicyclic) bond motifs is 1. The van der Waals surface area contributed by atoms with Crippen LogP contribution in [0.2, 0.25) is 0 Å². The molecule has 1 amide bonds. The summed E-state index contributed by atoms with van der Waals surface area (Å²) >= 11 is 0. The molecule has 1 aromatic heterocycles. The summed E-state index contributed by atoms with van der Waals surface area (Å²) in [4.78, 5) is 17.1. The highest BCUT2D eigenvalue weighted by molar-refractivity contribution is 7.93. The summed E-state index contributed by atoms with van der Waals surface area (Å²) in [5.41, 5.74) is 1.29. The van der Waals surface area contributed by atoms with Crippen molar-refractivity contribution in [3.05, 3.63) is 30.0 Å². The van der Waals surface area contributed by atoms with Gasteiger partial charge in [-0.2, -0.15) is 5.10 Å². The maximum Gasteiger partial charge on any atom is 0.275 e. The van der Waals surface area contributed by atoms with Gasteiger partial charge in [0.05, 0.1) is 24.5 Å². The fourth-order valence-electron chi connectivity index (χ4n) is 5.09. The zero-order chi connectivity index (χ0) is 20.2. The number of ether oxygens (including phenoxy) is 1. The number of morpholine rings is 1. The minimum atomic E-state index is -3.21. The number of hydrogen-bond acceptors (Lipinski definition) is 6. The van der Waals surface area contributed by atoms with Gasteiger partial charge in [-0.25, -0.2) is 8.42 Å². The second-order valence-electron chi connectivity index (χ2n) is 8.43. The second kappa shape index (κ2) is 6.78. The van der Waals surface area contributed by atoms with E-state index in [9.17, 15) is 13.2 Å². The van der Waals surface area contributed by atoms with E-state index in [1.54, 1.807) is 9.58 Å². The highest BCUT2D eigenvalue weighted by Gasteiger charge is 2.62. The number of sulfone groups is 1. The molecule has 2 aromatic rings. The van der Waals surface area contributed by atoms with E-state index in [1.807, 2.05) is 31.3 Å². The normalized spacial score (nSPS) is 26.1. The van der Waals surface area contributed by atoms with Crippen molar-refractivity contribution in [2.75, 3.05) is 51.7 Å². The van der Waals surface area contributed by atoms with Crippen LogP contribution in [0.4, 0.5) is 0 Å². The van der Waals surface area contributed by atoms with Gasteiger partial charge in [-0.15, -0.1) is 0 Å². The molecule has 4 heterocycles. The lowest BCUT2D eigenvalue weighted by Crippen LogP contribution is -2.69. The number of hydrogen-bond donors (Lipinski definition) is 0. The zero-order valence-corrected chi connectivity index (χ0v) is 17.4. The van der Waals surface area contributed by atoms with Gasteiger partial charge in [0.25, 0.3) is 5.91 Å². The molecular formula is C20H26N4O4S. The number of rotatable bonds is 3. The Bertz CT molecular complexity index is 1050. The zero-order valence-electron chi connectivity index (χ0n) is 16.6. The molecule has 1 atom stereocenters. The van der Waals surface area contributed by atoms with Gasteiger partial charge in [0, 0.05) is 45.2 Å². The molecule has 3 aliphatic heterocycles. The fourth-order valence-corrected chi connectivity index (χ4v) is 7.50. The lowest BCUT2D eigenvalue weighted by molar-refractivity contribution is 0.0139. The second-order valence-corrected chi connectivity index (χ2v) is 10.9. The third-order valence-electron chi connectivity index (χ3n) is 6.85. The van der Waals surface area contributed by atoms with E-state index in [-0.39, 0.29) is 30.7 Å². The van der Waals surface area contributed by atoms with E-state index in [4.69, 9.17) is 4.74 Å². The van der Waals surface area contributed by atoms with Crippen molar-refractivity contribution in [1.82, 2.24) is 19.6 Å². The molecule has 3 aliphatic rings. The minimum Gasteiger partial charge on any atom is -0.379 e. The van der Waals surface area contributed by atoms with Crippen LogP contribution in [0.5, 0.6) is 0 Å². The van der Waals surface area contributed by atoms with E-state index in [0.29, 0.717) is 25.3 Å². The molecule has 0 radical (unpaired) electrons. The Morgan fingerprint density at radius 1 is 1.24 bits per heavy atom. The molecule has 0 aliphatic carbocycles. The first kappa shape index (κ1) is 19.0. The van der Waals surface area contributed by atoms with Gasteiger partial charge in [0.2, 0.25) is 0 Å². The topological polar surface area (TPSA) is 84.7 Å². The number of aromatic nitrogens is 2. The average molecular weight is 419 g/mol. The average Bonchev–Trinajstić information content (AvgIpc) is 3.15. The van der Waals surface area contributed by atoms with Crippen molar-refractivity contribution in [2.24, 2.45) is 13.0 Å². The molecule has 29 heavy (non-hydrogen) atoms. The monoisotopic (exact) mass is 418 g/mol. The lowest BCUT2D eigenvalue weighted by Gasteiger charge is -2.50. The van der Waals surface area contributed by atoms with E-state index < -0.39 is 14.6 Å². The van der Waals surface area contributed by atoms with Crippen molar-refractivity contribution in [2.45, 2.75) is 11.2 Å². The van der Waals surface area contributed by atoms with Crippen LogP contribution < -0.4 is 0 Å². The molecule has 8 nitrogen and oxygen atoms in total. The number of carbonyl (C=O) groups is 1. The van der Waals surface area contributed by atoms with Crippen molar-refractivity contribution in [3.8, 4) is 0 Å². The third-order valence-corrected chi connectivity index (χ3v) is 9.45. The van der Waals surface area contributed by atoms with Crippen LogP contribution in [-0.4, -0.2) is 90.3 Å². The summed E-state index contributed by atoms with van der Waals surface area (Å²) in [5, 5.41) is 5.22. The van der Waals surface area contributed by atoms with E-state index in [2.05, 4.69) is 10.00 Å². The smallest absolute Gasteiger partial charge is 0.275 e. The van der Waals surface area contributed by atoms with Crippen LogP contribution in [-0.2, 0) is 21.6 Å². The molecule has 0 N–H and O–H groups in total. The molecule has 3 saturated heterocycles. The first-order valence-corrected chi connectivity index (χ1v) is 11.8. The molecule has 156 valence electrons. The SMILES string of the molecule is Cn1nc(C(=O)N2CC3(C2)C(CN2CCOCC2)CCS3(=O)=O)c2ccccc21. The lowest BCUT2D eigenvalue weighted by atomic mass is 9.82. The Labute approximate surface area is 170 Å². The van der Waals surface area contributed by atoms with Crippen molar-refractivity contribution in [1.29, 1.82) is 0 Å². The molecule has 1 aromatic carbocycles. The summed E-state index contributed by atoms with van der Waals surface area (Å²) in [7, 11) is -1.40. The molecule has 0 bridgehead atoms. The number of carbonyl (C=O) groups excluding carboxylic acids is 1. The van der Waals surface area contributed by atoms with Crippen molar-refractivity contribution in [3.63, 3.8) is 0 Å². The largest absolute Gasteiger partial charge is 0.379 e. The van der Waals surface area contributed by atoms with Crippen molar-refractivity contribution < 1.29 is 17.9 Å². The Morgan fingerprint density at radius 2 is 1.97 bits per heavy atom. The number of benzene rings is 1. The van der Waals surface area contributed by atoms with Gasteiger partial charge >= 0.3 is 0 Å². The first-order chi connectivity index (χ1) is 13.9. The van der Waals surface area contributed by atoms with Gasteiger partial charge in [-0.1, -0.05) is 18.2 Å². The van der Waals surface area contributed by atoms with E-state index in [0.717, 1.165) is 30.5 Å². The van der Waals surface area contributed by atoms with Gasteiger partial charge < -0.3 is 9.64 Å². The molecule has 5 rings (SSSR count). The minimum absolute atomic E-state index is 0.0649. The molecular weight excluding hydrogens is 392 g/mol. The van der Waals surface area contributed by atoms with E-state index >= 15 is 0 Å². The number of nitrogens with zero attached hydrogens (tertiary/aromatic N) is 4. The quantitative estimate of drug-likeness (QED) is 0.723. The Morgan fingerprint density at radius 3 is 2.72 bits per heavy atom. The number of aryl methyl sites for hydroxylation is 1. The predicted molar refractivity (Wildman–Crippen MR) is 109 cm³/mol.